The summed E-state index contributed by atoms with van der Waals surface area (Å²) >= 11 is 1.57. The Hall–Kier alpha value is -5.27. The molecule has 1 aliphatic carbocycles. The minimum absolute atomic E-state index is 0.00817. The Labute approximate surface area is 390 Å². The summed E-state index contributed by atoms with van der Waals surface area (Å²) in [6, 6.07) is 22.4. The summed E-state index contributed by atoms with van der Waals surface area (Å²) in [7, 11) is 0. The molecule has 356 valence electrons. The average Bonchev–Trinajstić information content (AvgIpc) is 4.02. The number of aryl methyl sites for hydroxylation is 1. The highest BCUT2D eigenvalue weighted by atomic mass is 32.1. The number of hydrogen-bond acceptors (Lipinski definition) is 13. The maximum atomic E-state index is 13.9. The van der Waals surface area contributed by atoms with E-state index in [2.05, 4.69) is 45.2 Å². The number of likely N-dealkylation sites (tertiary alicyclic amines) is 1. The lowest BCUT2D eigenvalue weighted by Gasteiger charge is -2.35. The second-order valence-corrected chi connectivity index (χ2v) is 18.1. The fourth-order valence-corrected chi connectivity index (χ4v) is 8.71. The number of nitrogens with one attached hydrogen (secondary N) is 3. The van der Waals surface area contributed by atoms with E-state index < -0.39 is 41.5 Å². The first-order chi connectivity index (χ1) is 31.9. The van der Waals surface area contributed by atoms with Gasteiger partial charge >= 0.3 is 6.09 Å². The van der Waals surface area contributed by atoms with Crippen LogP contribution < -0.4 is 16.0 Å². The van der Waals surface area contributed by atoms with E-state index in [-0.39, 0.29) is 57.8 Å². The molecule has 6 rings (SSSR count). The number of aliphatic hydroxyl groups excluding tert-OH is 1. The lowest BCUT2D eigenvalue weighted by Crippen LogP contribution is -2.58. The van der Waals surface area contributed by atoms with Crippen molar-refractivity contribution >= 4 is 35.2 Å². The predicted octanol–water partition coefficient (Wildman–Crippen LogP) is 4.85. The van der Waals surface area contributed by atoms with Crippen molar-refractivity contribution < 1.29 is 52.7 Å². The van der Waals surface area contributed by atoms with Crippen LogP contribution in [0.25, 0.3) is 21.6 Å². The third-order valence-corrected chi connectivity index (χ3v) is 12.3. The van der Waals surface area contributed by atoms with E-state index in [1.54, 1.807) is 11.3 Å². The van der Waals surface area contributed by atoms with Gasteiger partial charge in [0.15, 0.2) is 0 Å². The monoisotopic (exact) mass is 929 g/mol. The maximum absolute atomic E-state index is 13.9. The average molecular weight is 930 g/mol. The first-order valence-electron chi connectivity index (χ1n) is 22.4. The van der Waals surface area contributed by atoms with Crippen molar-refractivity contribution in [2.75, 3.05) is 85.8 Å². The van der Waals surface area contributed by atoms with Crippen LogP contribution in [0.3, 0.4) is 0 Å². The molecule has 1 fully saturated rings. The van der Waals surface area contributed by atoms with Crippen LogP contribution in [0.1, 0.15) is 55.5 Å². The Morgan fingerprint density at radius 2 is 1.36 bits per heavy atom. The van der Waals surface area contributed by atoms with Gasteiger partial charge in [-0.25, -0.2) is 9.78 Å². The number of carbonyl (C=O) groups is 4. The largest absolute Gasteiger partial charge is 0.449 e. The fourth-order valence-electron chi connectivity index (χ4n) is 7.90. The first-order valence-corrected chi connectivity index (χ1v) is 23.3. The van der Waals surface area contributed by atoms with Crippen molar-refractivity contribution in [3.05, 3.63) is 101 Å². The first kappa shape index (κ1) is 50.1. The van der Waals surface area contributed by atoms with E-state index in [0.717, 1.165) is 32.8 Å². The molecule has 4 amide bonds. The van der Waals surface area contributed by atoms with Crippen LogP contribution in [-0.4, -0.2) is 143 Å². The zero-order chi connectivity index (χ0) is 46.9. The number of aliphatic hydroxyl groups is 1. The molecule has 2 heterocycles. The molecule has 0 unspecified atom stereocenters. The highest BCUT2D eigenvalue weighted by molar-refractivity contribution is 7.13. The molecule has 1 aliphatic heterocycles. The summed E-state index contributed by atoms with van der Waals surface area (Å²) < 4.78 is 33.2. The maximum Gasteiger partial charge on any atom is 0.407 e. The number of fused-ring (bicyclic) bond motifs is 3. The van der Waals surface area contributed by atoms with Gasteiger partial charge in [0.1, 0.15) is 25.3 Å². The molecule has 66 heavy (non-hydrogen) atoms. The molecule has 17 heteroatoms. The van der Waals surface area contributed by atoms with E-state index in [0.29, 0.717) is 52.8 Å². The molecule has 1 aromatic heterocycles. The lowest BCUT2D eigenvalue weighted by atomic mass is 9.85. The number of carbonyl (C=O) groups excluding carboxylic acids is 4. The minimum atomic E-state index is -0.965. The number of thiazole rings is 1. The summed E-state index contributed by atoms with van der Waals surface area (Å²) in [6.07, 6.45) is -1.26. The van der Waals surface area contributed by atoms with Crippen LogP contribution in [0.5, 0.6) is 0 Å². The van der Waals surface area contributed by atoms with Gasteiger partial charge in [0, 0.05) is 32.0 Å². The van der Waals surface area contributed by atoms with Gasteiger partial charge in [-0.15, -0.1) is 11.3 Å². The molecule has 2 aliphatic rings. The van der Waals surface area contributed by atoms with E-state index in [9.17, 15) is 24.3 Å². The molecule has 3 aromatic carbocycles. The molecule has 16 nitrogen and oxygen atoms in total. The molecule has 0 radical (unpaired) electrons. The second-order valence-electron chi connectivity index (χ2n) is 17.2. The van der Waals surface area contributed by atoms with Crippen molar-refractivity contribution in [1.82, 2.24) is 25.8 Å². The quantitative estimate of drug-likeness (QED) is 0.0662. The van der Waals surface area contributed by atoms with Gasteiger partial charge in [0.25, 0.3) is 0 Å². The van der Waals surface area contributed by atoms with Crippen molar-refractivity contribution in [2.45, 2.75) is 64.8 Å². The number of alkyl carbamates (subject to hydrolysis) is 1. The number of rotatable bonds is 25. The van der Waals surface area contributed by atoms with E-state index >= 15 is 0 Å². The molecular weight excluding hydrogens is 867 g/mol. The van der Waals surface area contributed by atoms with Gasteiger partial charge in [-0.2, -0.15) is 0 Å². The van der Waals surface area contributed by atoms with Crippen LogP contribution in [0.15, 0.2) is 78.3 Å². The zero-order valence-electron chi connectivity index (χ0n) is 38.3. The van der Waals surface area contributed by atoms with Crippen LogP contribution in [-0.2, 0) is 49.3 Å². The second kappa shape index (κ2) is 25.0. The summed E-state index contributed by atoms with van der Waals surface area (Å²) in [5.74, 6) is -1.30. The van der Waals surface area contributed by atoms with E-state index in [1.165, 1.54) is 16.0 Å². The van der Waals surface area contributed by atoms with Crippen LogP contribution in [0.4, 0.5) is 4.79 Å². The fraction of sp³-hybridized carbons (Fsp3) is 0.490. The number of benzene rings is 3. The molecule has 4 aromatic rings. The Kier molecular flexibility index (Phi) is 19.0. The van der Waals surface area contributed by atoms with Crippen LogP contribution >= 0.6 is 11.3 Å². The third-order valence-electron chi connectivity index (χ3n) is 11.3. The lowest BCUT2D eigenvalue weighted by molar-refractivity contribution is -0.144. The molecule has 0 spiro atoms. The van der Waals surface area contributed by atoms with E-state index in [1.807, 2.05) is 81.7 Å². The molecule has 1 saturated heterocycles. The highest BCUT2D eigenvalue weighted by Crippen LogP contribution is 2.44. The number of hydrogen-bond donors (Lipinski definition) is 4. The number of nitrogens with zero attached hydrogens (tertiary/aromatic N) is 2. The summed E-state index contributed by atoms with van der Waals surface area (Å²) in [4.78, 5) is 59.3. The highest BCUT2D eigenvalue weighted by Gasteiger charge is 2.44. The molecule has 4 N–H and O–H groups in total. The summed E-state index contributed by atoms with van der Waals surface area (Å²) in [6.45, 7) is 10.9. The van der Waals surface area contributed by atoms with Crippen molar-refractivity contribution in [3.63, 3.8) is 0 Å². The number of amides is 4. The van der Waals surface area contributed by atoms with Crippen molar-refractivity contribution in [2.24, 2.45) is 5.41 Å². The smallest absolute Gasteiger partial charge is 0.407 e. The molecule has 3 atom stereocenters. The topological polar surface area (TPSA) is 196 Å². The molecule has 0 saturated carbocycles. The van der Waals surface area contributed by atoms with Crippen molar-refractivity contribution in [1.29, 1.82) is 0 Å². The van der Waals surface area contributed by atoms with Gasteiger partial charge in [-0.1, -0.05) is 93.6 Å². The standard InChI is InChI=1S/C49H63N5O11S/c1-33-44(66-32-52-33)35-15-13-34(14-16-35)28-51-46(57)42-27-36(55)29-54(42)47(58)45(49(2,3)4)53-43(56)31-64-26-25-63-24-23-62-22-21-61-20-19-60-18-17-50-48(59)65-30-41-39-11-7-5-9-37(39)38-10-6-8-12-40(38)41/h5-16,32,36,41-42,45,55H,17-31H2,1-4H3,(H,50,59)(H,51,57)(H,53,56)/t36-,42+,45-/m1/s1. The summed E-state index contributed by atoms with van der Waals surface area (Å²) in [5, 5.41) is 19.0. The van der Waals surface area contributed by atoms with Crippen LogP contribution in [0.2, 0.25) is 0 Å². The third kappa shape index (κ3) is 14.4. The predicted molar refractivity (Wildman–Crippen MR) is 249 cm³/mol. The SMILES string of the molecule is Cc1ncsc1-c1ccc(CNC(=O)[C@@H]2C[C@@H](O)CN2C(=O)[C@@H](NC(=O)COCCOCCOCCOCCOCCNC(=O)OCC2c3ccccc3-c3ccccc32)C(C)(C)C)cc1. The Bertz CT molecular complexity index is 2150. The summed E-state index contributed by atoms with van der Waals surface area (Å²) in [5.41, 5.74) is 8.70. The van der Waals surface area contributed by atoms with Crippen LogP contribution in [0, 0.1) is 12.3 Å². The number of β-amino-alcohol motifs (C(OH)–C–C–N with tert-alkyl or cyclic N) is 1. The number of ether oxygens (including phenoxy) is 6. The Morgan fingerprint density at radius 3 is 1.94 bits per heavy atom. The Morgan fingerprint density at radius 1 is 0.788 bits per heavy atom. The van der Waals surface area contributed by atoms with Crippen molar-refractivity contribution in [3.8, 4) is 21.6 Å². The van der Waals surface area contributed by atoms with Gasteiger partial charge < -0.3 is 54.4 Å². The normalized spacial score (nSPS) is 16.1. The van der Waals surface area contributed by atoms with Gasteiger partial charge in [0.05, 0.1) is 81.6 Å². The zero-order valence-corrected chi connectivity index (χ0v) is 39.1. The Balaban J connectivity index is 0.758. The van der Waals surface area contributed by atoms with Gasteiger partial charge in [-0.3, -0.25) is 14.4 Å². The van der Waals surface area contributed by atoms with Gasteiger partial charge in [0.2, 0.25) is 17.7 Å². The molecular formula is C49H63N5O11S. The van der Waals surface area contributed by atoms with Gasteiger partial charge in [-0.05, 0) is 45.7 Å². The van der Waals surface area contributed by atoms with E-state index in [4.69, 9.17) is 28.4 Å². The minimum Gasteiger partial charge on any atom is -0.449 e. The molecule has 0 bridgehead atoms. The number of aromatic nitrogens is 1.